The van der Waals surface area contributed by atoms with Crippen LogP contribution in [0.5, 0.6) is 0 Å². The molecule has 4 heteroatoms. The fraction of sp³-hybridized carbons (Fsp3) is 0.810. The van der Waals surface area contributed by atoms with Crippen molar-refractivity contribution >= 4 is 5.97 Å². The number of aromatic amines is 1. The maximum Gasteiger partial charge on any atom is 0.358 e. The highest BCUT2D eigenvalue weighted by molar-refractivity contribution is 5.86. The molecule has 0 saturated carbocycles. The highest BCUT2D eigenvalue weighted by atomic mass is 16.5. The summed E-state index contributed by atoms with van der Waals surface area (Å²) in [6.07, 6.45) is 23.2. The van der Waals surface area contributed by atoms with E-state index in [-0.39, 0.29) is 5.97 Å². The minimum atomic E-state index is -0.327. The molecule has 0 aliphatic carbocycles. The van der Waals surface area contributed by atoms with Crippen LogP contribution in [0.3, 0.4) is 0 Å². The van der Waals surface area contributed by atoms with Gasteiger partial charge in [-0.2, -0.15) is 0 Å². The first-order valence-corrected chi connectivity index (χ1v) is 10.5. The van der Waals surface area contributed by atoms with E-state index in [0.717, 1.165) is 12.8 Å². The Morgan fingerprint density at radius 1 is 0.840 bits per heavy atom. The smallest absolute Gasteiger partial charge is 0.358 e. The summed E-state index contributed by atoms with van der Waals surface area (Å²) in [5.41, 5.74) is 0.362. The Bertz CT molecular complexity index is 404. The molecule has 1 rings (SSSR count). The molecular weight excluding hydrogens is 312 g/mol. The molecule has 1 aromatic heterocycles. The summed E-state index contributed by atoms with van der Waals surface area (Å²) in [7, 11) is 0. The van der Waals surface area contributed by atoms with Gasteiger partial charge < -0.3 is 9.72 Å². The van der Waals surface area contributed by atoms with E-state index < -0.39 is 0 Å². The summed E-state index contributed by atoms with van der Waals surface area (Å²) >= 11 is 0. The topological polar surface area (TPSA) is 55.0 Å². The summed E-state index contributed by atoms with van der Waals surface area (Å²) in [5.74, 6) is -0.327. The van der Waals surface area contributed by atoms with Crippen molar-refractivity contribution in [3.05, 3.63) is 18.2 Å². The predicted octanol–water partition coefficient (Wildman–Crippen LogP) is 6.44. The van der Waals surface area contributed by atoms with Gasteiger partial charge >= 0.3 is 5.97 Å². The molecule has 0 bridgehead atoms. The van der Waals surface area contributed by atoms with Gasteiger partial charge in [-0.05, 0) is 6.42 Å². The molecule has 0 saturated heterocycles. The molecule has 4 nitrogen and oxygen atoms in total. The molecule has 1 N–H and O–H groups in total. The summed E-state index contributed by atoms with van der Waals surface area (Å²) in [5, 5.41) is 0. The van der Waals surface area contributed by atoms with E-state index in [1.807, 2.05) is 0 Å². The molecule has 0 fully saturated rings. The molecule has 1 aromatic rings. The number of nitrogens with one attached hydrogen (secondary N) is 1. The van der Waals surface area contributed by atoms with E-state index in [1.165, 1.54) is 89.8 Å². The number of nitrogens with zero attached hydrogens (tertiary/aromatic N) is 1. The first-order chi connectivity index (χ1) is 12.3. The minimum Gasteiger partial charge on any atom is -0.461 e. The molecule has 0 spiro atoms. The zero-order chi connectivity index (χ0) is 18.0. The number of hydrogen-bond acceptors (Lipinski definition) is 3. The number of H-pyrrole nitrogens is 1. The highest BCUT2D eigenvalue weighted by Crippen LogP contribution is 2.13. The lowest BCUT2D eigenvalue weighted by atomic mass is 10.0. The van der Waals surface area contributed by atoms with Crippen LogP contribution in [0.25, 0.3) is 0 Å². The number of carbonyl (C=O) groups is 1. The number of imidazole rings is 1. The molecule has 25 heavy (non-hydrogen) atoms. The molecule has 0 amide bonds. The first kappa shape index (κ1) is 21.7. The van der Waals surface area contributed by atoms with Crippen LogP contribution >= 0.6 is 0 Å². The van der Waals surface area contributed by atoms with Crippen LogP contribution in [0.4, 0.5) is 0 Å². The van der Waals surface area contributed by atoms with Crippen LogP contribution in [0.15, 0.2) is 12.5 Å². The Hall–Kier alpha value is -1.32. The monoisotopic (exact) mass is 350 g/mol. The van der Waals surface area contributed by atoms with E-state index in [9.17, 15) is 4.79 Å². The van der Waals surface area contributed by atoms with Gasteiger partial charge in [-0.1, -0.05) is 96.8 Å². The van der Waals surface area contributed by atoms with E-state index in [4.69, 9.17) is 4.74 Å². The summed E-state index contributed by atoms with van der Waals surface area (Å²) in [6, 6.07) is 0. The molecule has 0 aromatic carbocycles. The van der Waals surface area contributed by atoms with Gasteiger partial charge in [0.05, 0.1) is 12.9 Å². The number of esters is 1. The van der Waals surface area contributed by atoms with Crippen molar-refractivity contribution < 1.29 is 9.53 Å². The van der Waals surface area contributed by atoms with Gasteiger partial charge in [-0.15, -0.1) is 0 Å². The third-order valence-corrected chi connectivity index (χ3v) is 4.69. The van der Waals surface area contributed by atoms with Gasteiger partial charge in [0.2, 0.25) is 0 Å². The third kappa shape index (κ3) is 12.7. The van der Waals surface area contributed by atoms with Crippen LogP contribution in [-0.4, -0.2) is 22.5 Å². The maximum atomic E-state index is 11.5. The Morgan fingerprint density at radius 2 is 1.32 bits per heavy atom. The SMILES string of the molecule is CCCCCCCCCCCCCCCCCOC(=O)c1c[nH]cn1. The number of carbonyl (C=O) groups excluding carboxylic acids is 1. The van der Waals surface area contributed by atoms with Crippen LogP contribution in [0, 0.1) is 0 Å². The van der Waals surface area contributed by atoms with E-state index in [0.29, 0.717) is 12.3 Å². The second kappa shape index (κ2) is 16.2. The first-order valence-electron chi connectivity index (χ1n) is 10.5. The van der Waals surface area contributed by atoms with Crippen LogP contribution in [0.2, 0.25) is 0 Å². The summed E-state index contributed by atoms with van der Waals surface area (Å²) < 4.78 is 5.18. The highest BCUT2D eigenvalue weighted by Gasteiger charge is 2.07. The van der Waals surface area contributed by atoms with Gasteiger partial charge in [0, 0.05) is 6.20 Å². The Morgan fingerprint density at radius 3 is 1.76 bits per heavy atom. The second-order valence-electron chi connectivity index (χ2n) is 7.04. The quantitative estimate of drug-likeness (QED) is 0.260. The molecule has 1 heterocycles. The van der Waals surface area contributed by atoms with Crippen molar-refractivity contribution in [1.82, 2.24) is 9.97 Å². The lowest BCUT2D eigenvalue weighted by molar-refractivity contribution is 0.0491. The fourth-order valence-electron chi connectivity index (χ4n) is 3.08. The largest absolute Gasteiger partial charge is 0.461 e. The second-order valence-corrected chi connectivity index (χ2v) is 7.04. The summed E-state index contributed by atoms with van der Waals surface area (Å²) in [6.45, 7) is 2.78. The standard InChI is InChI=1S/C21H38N2O2/c1-2-3-4-5-6-7-8-9-10-11-12-13-14-15-16-17-25-21(24)20-18-22-19-23-20/h18-19H,2-17H2,1H3,(H,22,23). The number of ether oxygens (including phenoxy) is 1. The molecule has 0 aliphatic rings. The number of hydrogen-bond donors (Lipinski definition) is 1. The normalized spacial score (nSPS) is 10.9. The Labute approximate surface area is 154 Å². The third-order valence-electron chi connectivity index (χ3n) is 4.69. The predicted molar refractivity (Wildman–Crippen MR) is 104 cm³/mol. The van der Waals surface area contributed by atoms with Crippen molar-refractivity contribution in [2.24, 2.45) is 0 Å². The molecule has 0 atom stereocenters. The van der Waals surface area contributed by atoms with Crippen LogP contribution < -0.4 is 0 Å². The van der Waals surface area contributed by atoms with E-state index in [1.54, 1.807) is 6.20 Å². The minimum absolute atomic E-state index is 0.327. The van der Waals surface area contributed by atoms with Gasteiger partial charge in [0.25, 0.3) is 0 Å². The molecule has 0 radical (unpaired) electrons. The lowest BCUT2D eigenvalue weighted by Gasteiger charge is -2.04. The molecule has 144 valence electrons. The van der Waals surface area contributed by atoms with Gasteiger partial charge in [0.1, 0.15) is 0 Å². The average Bonchev–Trinajstić information content (AvgIpc) is 3.16. The van der Waals surface area contributed by atoms with Crippen LogP contribution in [0.1, 0.15) is 114 Å². The molecule has 0 unspecified atom stereocenters. The average molecular weight is 351 g/mol. The van der Waals surface area contributed by atoms with E-state index >= 15 is 0 Å². The number of aromatic nitrogens is 2. The van der Waals surface area contributed by atoms with Crippen molar-refractivity contribution in [2.45, 2.75) is 103 Å². The van der Waals surface area contributed by atoms with Gasteiger partial charge in [0.15, 0.2) is 5.69 Å². The Kier molecular flexibility index (Phi) is 14.0. The fourth-order valence-corrected chi connectivity index (χ4v) is 3.08. The van der Waals surface area contributed by atoms with Crippen molar-refractivity contribution in [1.29, 1.82) is 0 Å². The number of rotatable bonds is 17. The van der Waals surface area contributed by atoms with Gasteiger partial charge in [-0.25, -0.2) is 9.78 Å². The Balaban J connectivity index is 1.73. The van der Waals surface area contributed by atoms with Crippen molar-refractivity contribution in [3.63, 3.8) is 0 Å². The van der Waals surface area contributed by atoms with Crippen molar-refractivity contribution in [2.75, 3.05) is 6.61 Å². The molecular formula is C21H38N2O2. The zero-order valence-corrected chi connectivity index (χ0v) is 16.2. The van der Waals surface area contributed by atoms with Crippen LogP contribution in [-0.2, 0) is 4.74 Å². The summed E-state index contributed by atoms with van der Waals surface area (Å²) in [4.78, 5) is 18.2. The van der Waals surface area contributed by atoms with Crippen molar-refractivity contribution in [3.8, 4) is 0 Å². The lowest BCUT2D eigenvalue weighted by Crippen LogP contribution is -2.06. The van der Waals surface area contributed by atoms with E-state index in [2.05, 4.69) is 16.9 Å². The molecule has 0 aliphatic heterocycles. The maximum absolute atomic E-state index is 11.5. The zero-order valence-electron chi connectivity index (χ0n) is 16.2. The van der Waals surface area contributed by atoms with Gasteiger partial charge in [-0.3, -0.25) is 0 Å². The number of unbranched alkanes of at least 4 members (excludes halogenated alkanes) is 14.